The number of anilines is 1. The highest BCUT2D eigenvalue weighted by atomic mass is 16.3. The quantitative estimate of drug-likeness (QED) is 0.796. The van der Waals surface area contributed by atoms with E-state index in [4.69, 9.17) is 0 Å². The van der Waals surface area contributed by atoms with Gasteiger partial charge in [-0.15, -0.1) is 0 Å². The average molecular weight is 248 g/mol. The monoisotopic (exact) mass is 248 g/mol. The van der Waals surface area contributed by atoms with Crippen molar-refractivity contribution in [2.45, 2.75) is 39.3 Å². The van der Waals surface area contributed by atoms with E-state index in [1.807, 2.05) is 0 Å². The zero-order valence-corrected chi connectivity index (χ0v) is 11.8. The Labute approximate surface area is 110 Å². The third-order valence-corrected chi connectivity index (χ3v) is 3.77. The highest BCUT2D eigenvalue weighted by Gasteiger charge is 2.32. The van der Waals surface area contributed by atoms with Crippen molar-refractivity contribution in [1.82, 2.24) is 5.32 Å². The molecule has 1 fully saturated rings. The van der Waals surface area contributed by atoms with Crippen molar-refractivity contribution in [3.63, 3.8) is 0 Å². The summed E-state index contributed by atoms with van der Waals surface area (Å²) in [4.78, 5) is 2.35. The number of nitrogens with one attached hydrogen (secondary N) is 1. The number of benzene rings is 1. The van der Waals surface area contributed by atoms with Gasteiger partial charge in [-0.05, 0) is 38.8 Å². The van der Waals surface area contributed by atoms with E-state index in [9.17, 15) is 5.11 Å². The number of aliphatic hydroxyl groups is 1. The summed E-state index contributed by atoms with van der Waals surface area (Å²) in [5, 5.41) is 13.4. The summed E-state index contributed by atoms with van der Waals surface area (Å²) in [6, 6.07) is 6.37. The Morgan fingerprint density at radius 1 is 1.28 bits per heavy atom. The second-order valence-corrected chi connectivity index (χ2v) is 5.95. The van der Waals surface area contributed by atoms with Gasteiger partial charge in [-0.3, -0.25) is 0 Å². The van der Waals surface area contributed by atoms with E-state index in [1.165, 1.54) is 16.8 Å². The molecular formula is C15H24N2O. The van der Waals surface area contributed by atoms with Crippen molar-refractivity contribution >= 4 is 5.69 Å². The van der Waals surface area contributed by atoms with Crippen LogP contribution in [0, 0.1) is 13.8 Å². The van der Waals surface area contributed by atoms with Crippen LogP contribution < -0.4 is 10.2 Å². The molecule has 1 saturated heterocycles. The number of nitrogens with zero attached hydrogens (tertiary/aromatic N) is 1. The second-order valence-electron chi connectivity index (χ2n) is 5.95. The first-order valence-electron chi connectivity index (χ1n) is 6.64. The van der Waals surface area contributed by atoms with Gasteiger partial charge in [0.2, 0.25) is 0 Å². The molecule has 0 aromatic heterocycles. The van der Waals surface area contributed by atoms with Gasteiger partial charge >= 0.3 is 0 Å². The lowest BCUT2D eigenvalue weighted by atomic mass is 9.98. The lowest BCUT2D eigenvalue weighted by Gasteiger charge is -2.41. The molecule has 1 atom stereocenters. The number of rotatable bonds is 1. The van der Waals surface area contributed by atoms with Gasteiger partial charge in [0.25, 0.3) is 0 Å². The zero-order chi connectivity index (χ0) is 13.3. The first kappa shape index (κ1) is 13.4. The summed E-state index contributed by atoms with van der Waals surface area (Å²) in [5.41, 5.74) is 3.83. The Morgan fingerprint density at radius 3 is 2.50 bits per heavy atom. The molecule has 1 aliphatic rings. The number of aryl methyl sites for hydroxylation is 2. The summed E-state index contributed by atoms with van der Waals surface area (Å²) in [6.07, 6.45) is -0.314. The Hall–Kier alpha value is -1.06. The first-order valence-corrected chi connectivity index (χ1v) is 6.64. The summed E-state index contributed by atoms with van der Waals surface area (Å²) in [5.74, 6) is 0. The van der Waals surface area contributed by atoms with Gasteiger partial charge in [-0.1, -0.05) is 18.2 Å². The maximum atomic E-state index is 10.0. The van der Waals surface area contributed by atoms with Crippen LogP contribution in [-0.2, 0) is 0 Å². The summed E-state index contributed by atoms with van der Waals surface area (Å²) < 4.78 is 0. The van der Waals surface area contributed by atoms with Crippen LogP contribution in [0.25, 0.3) is 0 Å². The van der Waals surface area contributed by atoms with Crippen LogP contribution in [0.3, 0.4) is 0 Å². The van der Waals surface area contributed by atoms with Crippen LogP contribution >= 0.6 is 0 Å². The molecule has 0 saturated carbocycles. The molecular weight excluding hydrogens is 224 g/mol. The van der Waals surface area contributed by atoms with Gasteiger partial charge in [0, 0.05) is 30.9 Å². The van der Waals surface area contributed by atoms with Crippen LogP contribution in [0.2, 0.25) is 0 Å². The van der Waals surface area contributed by atoms with E-state index in [0.29, 0.717) is 13.1 Å². The van der Waals surface area contributed by atoms with Crippen molar-refractivity contribution in [2.24, 2.45) is 0 Å². The van der Waals surface area contributed by atoms with E-state index >= 15 is 0 Å². The number of para-hydroxylation sites is 1. The maximum absolute atomic E-state index is 10.0. The SMILES string of the molecule is Cc1cccc(C)c1N1CC(O)CNCC1(C)C. The molecule has 1 aromatic rings. The number of β-amino-alcohol motifs (C(OH)–C–C–N with tert-alkyl or cyclic N) is 1. The Morgan fingerprint density at radius 2 is 1.89 bits per heavy atom. The smallest absolute Gasteiger partial charge is 0.0839 e. The Balaban J connectivity index is 2.45. The van der Waals surface area contributed by atoms with Crippen molar-refractivity contribution in [2.75, 3.05) is 24.5 Å². The van der Waals surface area contributed by atoms with E-state index in [2.05, 4.69) is 56.1 Å². The third-order valence-electron chi connectivity index (χ3n) is 3.77. The fourth-order valence-corrected chi connectivity index (χ4v) is 2.79. The zero-order valence-electron chi connectivity index (χ0n) is 11.8. The minimum atomic E-state index is -0.314. The van der Waals surface area contributed by atoms with E-state index < -0.39 is 0 Å². The Bertz CT molecular complexity index is 408. The topological polar surface area (TPSA) is 35.5 Å². The van der Waals surface area contributed by atoms with E-state index in [-0.39, 0.29) is 11.6 Å². The van der Waals surface area contributed by atoms with Crippen molar-refractivity contribution in [3.8, 4) is 0 Å². The predicted octanol–water partition coefficient (Wildman–Crippen LogP) is 1.85. The molecule has 0 bridgehead atoms. The van der Waals surface area contributed by atoms with Crippen LogP contribution in [0.15, 0.2) is 18.2 Å². The average Bonchev–Trinajstić information content (AvgIpc) is 2.38. The minimum absolute atomic E-state index is 0.00829. The fraction of sp³-hybridized carbons (Fsp3) is 0.600. The molecule has 1 aromatic carbocycles. The maximum Gasteiger partial charge on any atom is 0.0839 e. The molecule has 2 rings (SSSR count). The highest BCUT2D eigenvalue weighted by Crippen LogP contribution is 2.31. The van der Waals surface area contributed by atoms with Crippen molar-refractivity contribution < 1.29 is 5.11 Å². The van der Waals surface area contributed by atoms with Gasteiger partial charge in [-0.2, -0.15) is 0 Å². The molecule has 0 amide bonds. The molecule has 0 spiro atoms. The van der Waals surface area contributed by atoms with Crippen molar-refractivity contribution in [3.05, 3.63) is 29.3 Å². The standard InChI is InChI=1S/C15H24N2O/c1-11-6-5-7-12(2)14(11)17-9-13(18)8-16-10-15(17,3)4/h5-7,13,16,18H,8-10H2,1-4H3. The molecule has 1 heterocycles. The number of hydrogen-bond donors (Lipinski definition) is 2. The van der Waals surface area contributed by atoms with Crippen LogP contribution in [0.1, 0.15) is 25.0 Å². The van der Waals surface area contributed by atoms with Gasteiger partial charge in [-0.25, -0.2) is 0 Å². The number of aliphatic hydroxyl groups excluding tert-OH is 1. The van der Waals surface area contributed by atoms with Gasteiger partial charge in [0.15, 0.2) is 0 Å². The second kappa shape index (κ2) is 4.90. The lowest BCUT2D eigenvalue weighted by molar-refractivity contribution is 0.183. The summed E-state index contributed by atoms with van der Waals surface area (Å²) in [7, 11) is 0. The van der Waals surface area contributed by atoms with E-state index in [0.717, 1.165) is 6.54 Å². The third kappa shape index (κ3) is 2.52. The highest BCUT2D eigenvalue weighted by molar-refractivity contribution is 5.60. The first-order chi connectivity index (χ1) is 8.42. The summed E-state index contributed by atoms with van der Waals surface area (Å²) >= 11 is 0. The fourth-order valence-electron chi connectivity index (χ4n) is 2.79. The van der Waals surface area contributed by atoms with Crippen LogP contribution in [0.4, 0.5) is 5.69 Å². The van der Waals surface area contributed by atoms with Gasteiger partial charge in [0.05, 0.1) is 6.10 Å². The molecule has 18 heavy (non-hydrogen) atoms. The summed E-state index contributed by atoms with van der Waals surface area (Å²) in [6.45, 7) is 11.0. The predicted molar refractivity (Wildman–Crippen MR) is 76.2 cm³/mol. The molecule has 3 heteroatoms. The molecule has 100 valence electrons. The molecule has 1 unspecified atom stereocenters. The largest absolute Gasteiger partial charge is 0.390 e. The normalized spacial score (nSPS) is 23.8. The van der Waals surface area contributed by atoms with E-state index in [1.54, 1.807) is 0 Å². The van der Waals surface area contributed by atoms with Crippen LogP contribution in [-0.4, -0.2) is 36.4 Å². The molecule has 2 N–H and O–H groups in total. The van der Waals surface area contributed by atoms with Crippen molar-refractivity contribution in [1.29, 1.82) is 0 Å². The minimum Gasteiger partial charge on any atom is -0.390 e. The Kier molecular flexibility index (Phi) is 3.64. The van der Waals surface area contributed by atoms with Crippen LogP contribution in [0.5, 0.6) is 0 Å². The molecule has 1 aliphatic heterocycles. The van der Waals surface area contributed by atoms with Gasteiger partial charge in [0.1, 0.15) is 0 Å². The number of hydrogen-bond acceptors (Lipinski definition) is 3. The molecule has 0 radical (unpaired) electrons. The van der Waals surface area contributed by atoms with Gasteiger partial charge < -0.3 is 15.3 Å². The lowest BCUT2D eigenvalue weighted by Crippen LogP contribution is -2.50. The molecule has 3 nitrogen and oxygen atoms in total. The molecule has 0 aliphatic carbocycles.